The zero-order valence-corrected chi connectivity index (χ0v) is 16.9. The molecule has 0 unspecified atom stereocenters. The van der Waals surface area contributed by atoms with Crippen molar-refractivity contribution in [2.75, 3.05) is 0 Å². The van der Waals surface area contributed by atoms with Crippen LogP contribution in [0.25, 0.3) is 22.0 Å². The van der Waals surface area contributed by atoms with Gasteiger partial charge >= 0.3 is 12.4 Å². The highest BCUT2D eigenvalue weighted by Crippen LogP contribution is 2.41. The molecule has 0 saturated carbocycles. The van der Waals surface area contributed by atoms with E-state index in [-0.39, 0.29) is 28.4 Å². The van der Waals surface area contributed by atoms with E-state index in [0.717, 1.165) is 30.6 Å². The Labute approximate surface area is 173 Å². The van der Waals surface area contributed by atoms with Crippen LogP contribution in [0.5, 0.6) is 0 Å². The highest BCUT2D eigenvalue weighted by Gasteiger charge is 2.40. The van der Waals surface area contributed by atoms with E-state index in [0.29, 0.717) is 0 Å². The van der Waals surface area contributed by atoms with Gasteiger partial charge in [-0.3, -0.25) is 4.98 Å². The third-order valence-electron chi connectivity index (χ3n) is 4.75. The van der Waals surface area contributed by atoms with Crippen LogP contribution in [0, 0.1) is 11.2 Å². The lowest BCUT2D eigenvalue weighted by atomic mass is 9.96. The number of fused-ring (bicyclic) bond motifs is 1. The van der Waals surface area contributed by atoms with Crippen LogP contribution in [-0.2, 0) is 12.7 Å². The SMILES string of the molecule is CC(C)(C)Cn1cc([C@H](N)C(F)(F)F)c2cc(F)c(-c3cnccc3C(F)(F)F)cc21. The Kier molecular flexibility index (Phi) is 5.58. The summed E-state index contributed by atoms with van der Waals surface area (Å²) >= 11 is 0. The van der Waals surface area contributed by atoms with Crippen molar-refractivity contribution in [1.82, 2.24) is 9.55 Å². The molecule has 0 aliphatic carbocycles. The summed E-state index contributed by atoms with van der Waals surface area (Å²) in [6, 6.07) is 0.274. The second kappa shape index (κ2) is 7.51. The minimum Gasteiger partial charge on any atom is -0.347 e. The Hall–Kier alpha value is -2.62. The second-order valence-electron chi connectivity index (χ2n) is 8.56. The minimum atomic E-state index is -4.78. The Bertz CT molecular complexity index is 1110. The number of nitrogens with zero attached hydrogens (tertiary/aromatic N) is 2. The number of alkyl halides is 6. The molecule has 31 heavy (non-hydrogen) atoms. The zero-order chi connectivity index (χ0) is 23.4. The normalized spacial score (nSPS) is 14.3. The molecule has 3 rings (SSSR count). The van der Waals surface area contributed by atoms with Crippen molar-refractivity contribution in [2.24, 2.45) is 11.1 Å². The number of aromatic nitrogens is 2. The van der Waals surface area contributed by atoms with Crippen molar-refractivity contribution >= 4 is 10.9 Å². The van der Waals surface area contributed by atoms with Crippen LogP contribution in [0.3, 0.4) is 0 Å². The van der Waals surface area contributed by atoms with Gasteiger partial charge in [0.2, 0.25) is 0 Å². The maximum atomic E-state index is 14.9. The molecule has 0 aliphatic rings. The molecule has 3 nitrogen and oxygen atoms in total. The van der Waals surface area contributed by atoms with Crippen LogP contribution in [0.2, 0.25) is 0 Å². The summed E-state index contributed by atoms with van der Waals surface area (Å²) in [4.78, 5) is 3.66. The van der Waals surface area contributed by atoms with Crippen LogP contribution < -0.4 is 5.73 Å². The van der Waals surface area contributed by atoms with Crippen LogP contribution in [0.1, 0.15) is 37.9 Å². The molecule has 1 atom stereocenters. The molecule has 1 aromatic carbocycles. The lowest BCUT2D eigenvalue weighted by Crippen LogP contribution is -2.28. The Morgan fingerprint density at radius 1 is 1.03 bits per heavy atom. The summed E-state index contributed by atoms with van der Waals surface area (Å²) < 4.78 is 96.5. The van der Waals surface area contributed by atoms with Gasteiger partial charge in [-0.25, -0.2) is 4.39 Å². The Morgan fingerprint density at radius 3 is 2.23 bits per heavy atom. The van der Waals surface area contributed by atoms with Gasteiger partial charge in [0.1, 0.15) is 11.9 Å². The molecule has 0 fully saturated rings. The summed E-state index contributed by atoms with van der Waals surface area (Å²) in [6.07, 6.45) is -6.54. The molecule has 2 N–H and O–H groups in total. The van der Waals surface area contributed by atoms with E-state index < -0.39 is 40.9 Å². The van der Waals surface area contributed by atoms with Crippen LogP contribution in [0.4, 0.5) is 30.7 Å². The predicted molar refractivity (Wildman–Crippen MR) is 103 cm³/mol. The van der Waals surface area contributed by atoms with Gasteiger partial charge < -0.3 is 10.3 Å². The third-order valence-corrected chi connectivity index (χ3v) is 4.75. The Morgan fingerprint density at radius 2 is 1.68 bits per heavy atom. The lowest BCUT2D eigenvalue weighted by Gasteiger charge is -2.20. The van der Waals surface area contributed by atoms with Crippen LogP contribution in [0.15, 0.2) is 36.8 Å². The molecule has 0 spiro atoms. The molecule has 10 heteroatoms. The van der Waals surface area contributed by atoms with Gasteiger partial charge in [-0.1, -0.05) is 20.8 Å². The average molecular weight is 447 g/mol. The molecule has 0 bridgehead atoms. The first-order valence-electron chi connectivity index (χ1n) is 9.26. The summed E-state index contributed by atoms with van der Waals surface area (Å²) in [6.45, 7) is 5.76. The van der Waals surface area contributed by atoms with E-state index in [2.05, 4.69) is 4.98 Å². The molecule has 168 valence electrons. The topological polar surface area (TPSA) is 43.8 Å². The number of nitrogens with two attached hydrogens (primary N) is 1. The maximum absolute atomic E-state index is 14.9. The number of hydrogen-bond acceptors (Lipinski definition) is 2. The first kappa shape index (κ1) is 23.1. The smallest absolute Gasteiger partial charge is 0.347 e. The van der Waals surface area contributed by atoms with Gasteiger partial charge in [0.05, 0.1) is 5.56 Å². The lowest BCUT2D eigenvalue weighted by molar-refractivity contribution is -0.148. The fraction of sp³-hybridized carbons (Fsp3) is 0.381. The molecule has 0 radical (unpaired) electrons. The number of benzene rings is 1. The van der Waals surface area contributed by atoms with Gasteiger partial charge in [0.25, 0.3) is 0 Å². The van der Waals surface area contributed by atoms with E-state index in [4.69, 9.17) is 5.73 Å². The van der Waals surface area contributed by atoms with Crippen molar-refractivity contribution < 1.29 is 30.7 Å². The van der Waals surface area contributed by atoms with E-state index in [1.807, 2.05) is 20.8 Å². The minimum absolute atomic E-state index is 0.104. The van der Waals surface area contributed by atoms with Crippen molar-refractivity contribution in [3.63, 3.8) is 0 Å². The summed E-state index contributed by atoms with van der Waals surface area (Å²) in [5, 5.41) is -0.104. The standard InChI is InChI=1S/C21H20F7N3/c1-19(2,3)10-31-9-14(18(29)21(26,27)28)12-6-16(22)11(7-17(12)31)13-8-30-5-4-15(13)20(23,24)25/h4-9,18H,10,29H2,1-3H3/t18-/m0/s1. The molecule has 0 amide bonds. The van der Waals surface area contributed by atoms with Gasteiger partial charge in [-0.15, -0.1) is 0 Å². The fourth-order valence-corrected chi connectivity index (χ4v) is 3.47. The summed E-state index contributed by atoms with van der Waals surface area (Å²) in [5.74, 6) is -1.10. The molecule has 0 saturated heterocycles. The number of rotatable bonds is 3. The summed E-state index contributed by atoms with van der Waals surface area (Å²) in [5.41, 5.74) is 2.79. The van der Waals surface area contributed by atoms with Gasteiger partial charge in [0, 0.05) is 52.7 Å². The monoisotopic (exact) mass is 447 g/mol. The van der Waals surface area contributed by atoms with E-state index in [1.165, 1.54) is 10.8 Å². The molecule has 2 heterocycles. The number of halogens is 7. The molecule has 2 aromatic heterocycles. The van der Waals surface area contributed by atoms with Gasteiger partial charge in [-0.2, -0.15) is 26.3 Å². The van der Waals surface area contributed by atoms with Crippen molar-refractivity contribution in [1.29, 1.82) is 0 Å². The quantitative estimate of drug-likeness (QED) is 0.468. The molecule has 3 aromatic rings. The number of hydrogen-bond donors (Lipinski definition) is 1. The largest absolute Gasteiger partial charge is 0.417 e. The van der Waals surface area contributed by atoms with E-state index >= 15 is 0 Å². The van der Waals surface area contributed by atoms with E-state index in [9.17, 15) is 30.7 Å². The first-order valence-corrected chi connectivity index (χ1v) is 9.26. The van der Waals surface area contributed by atoms with Crippen LogP contribution >= 0.6 is 0 Å². The van der Waals surface area contributed by atoms with E-state index in [1.54, 1.807) is 0 Å². The maximum Gasteiger partial charge on any atom is 0.417 e. The molecular formula is C21H20F7N3. The predicted octanol–water partition coefficient (Wildman–Crippen LogP) is 6.47. The van der Waals surface area contributed by atoms with Gasteiger partial charge in [0.15, 0.2) is 0 Å². The zero-order valence-electron chi connectivity index (χ0n) is 16.9. The third kappa shape index (κ3) is 4.68. The number of pyridine rings is 1. The molecular weight excluding hydrogens is 427 g/mol. The fourth-order valence-electron chi connectivity index (χ4n) is 3.47. The molecule has 0 aliphatic heterocycles. The van der Waals surface area contributed by atoms with Crippen molar-refractivity contribution in [3.05, 3.63) is 53.7 Å². The van der Waals surface area contributed by atoms with Crippen molar-refractivity contribution in [3.8, 4) is 11.1 Å². The van der Waals surface area contributed by atoms with Crippen molar-refractivity contribution in [2.45, 2.75) is 45.7 Å². The van der Waals surface area contributed by atoms with Crippen LogP contribution in [-0.4, -0.2) is 15.7 Å². The Balaban J connectivity index is 2.32. The summed E-state index contributed by atoms with van der Waals surface area (Å²) in [7, 11) is 0. The average Bonchev–Trinajstić information content (AvgIpc) is 2.94. The first-order chi connectivity index (χ1) is 14.1. The highest BCUT2D eigenvalue weighted by atomic mass is 19.4. The van der Waals surface area contributed by atoms with Gasteiger partial charge in [-0.05, 0) is 23.6 Å². The second-order valence-corrected chi connectivity index (χ2v) is 8.56. The highest BCUT2D eigenvalue weighted by molar-refractivity contribution is 5.89.